The average molecular weight is 377 g/mol. The highest BCUT2D eigenvalue weighted by Crippen LogP contribution is 2.18. The molecule has 0 atom stereocenters. The number of carbonyl (C=O) groups is 2. The van der Waals surface area contributed by atoms with Gasteiger partial charge < -0.3 is 4.90 Å². The smallest absolute Gasteiger partial charge is 0.255 e. The second-order valence-corrected chi connectivity index (χ2v) is 6.82. The lowest BCUT2D eigenvalue weighted by Crippen LogP contribution is -2.49. The Hall–Kier alpha value is -1.88. The predicted octanol–water partition coefficient (Wildman–Crippen LogP) is 3.63. The molecule has 1 saturated heterocycles. The standard InChI is InChI=1S/C19H18Cl2N2O2/c20-15-7-5-14(6-8-15)18(24)13-22-9-11-23(12-10-22)19(25)16-3-1-2-4-17(16)21/h1-8H,9-13H2. The number of piperazine rings is 1. The summed E-state index contributed by atoms with van der Waals surface area (Å²) in [6.07, 6.45) is 0. The normalized spacial score (nSPS) is 15.2. The van der Waals surface area contributed by atoms with Crippen LogP contribution in [0.15, 0.2) is 48.5 Å². The Morgan fingerprint density at radius 2 is 1.52 bits per heavy atom. The van der Waals surface area contributed by atoms with Gasteiger partial charge in [0.05, 0.1) is 17.1 Å². The largest absolute Gasteiger partial charge is 0.336 e. The van der Waals surface area contributed by atoms with E-state index in [4.69, 9.17) is 23.2 Å². The summed E-state index contributed by atoms with van der Waals surface area (Å²) in [6.45, 7) is 2.83. The number of amides is 1. The first-order chi connectivity index (χ1) is 12.0. The lowest BCUT2D eigenvalue weighted by atomic mass is 10.1. The molecular weight excluding hydrogens is 359 g/mol. The fourth-order valence-corrected chi connectivity index (χ4v) is 3.19. The third kappa shape index (κ3) is 4.40. The van der Waals surface area contributed by atoms with Crippen LogP contribution in [0.25, 0.3) is 0 Å². The SMILES string of the molecule is O=C(CN1CCN(C(=O)c2ccccc2Cl)CC1)c1ccc(Cl)cc1. The molecular formula is C19H18Cl2N2O2. The summed E-state index contributed by atoms with van der Waals surface area (Å²) in [5.41, 5.74) is 1.17. The van der Waals surface area contributed by atoms with Crippen LogP contribution in [0.1, 0.15) is 20.7 Å². The summed E-state index contributed by atoms with van der Waals surface area (Å²) in [5.74, 6) is -0.00294. The molecule has 6 heteroatoms. The number of halogens is 2. The van der Waals surface area contributed by atoms with E-state index < -0.39 is 0 Å². The van der Waals surface area contributed by atoms with Crippen molar-refractivity contribution in [2.75, 3.05) is 32.7 Å². The fraction of sp³-hybridized carbons (Fsp3) is 0.263. The second-order valence-electron chi connectivity index (χ2n) is 5.98. The van der Waals surface area contributed by atoms with E-state index in [-0.39, 0.29) is 11.7 Å². The molecule has 130 valence electrons. The van der Waals surface area contributed by atoms with Crippen LogP contribution in [0, 0.1) is 0 Å². The topological polar surface area (TPSA) is 40.6 Å². The van der Waals surface area contributed by atoms with Crippen molar-refractivity contribution in [3.63, 3.8) is 0 Å². The number of hydrogen-bond acceptors (Lipinski definition) is 3. The van der Waals surface area contributed by atoms with E-state index in [1.165, 1.54) is 0 Å². The first kappa shape index (κ1) is 17.9. The molecule has 0 N–H and O–H groups in total. The predicted molar refractivity (Wildman–Crippen MR) is 99.6 cm³/mol. The van der Waals surface area contributed by atoms with Crippen molar-refractivity contribution in [3.05, 3.63) is 69.7 Å². The molecule has 25 heavy (non-hydrogen) atoms. The Morgan fingerprint density at radius 3 is 2.16 bits per heavy atom. The molecule has 2 aromatic rings. The Kier molecular flexibility index (Phi) is 5.74. The zero-order chi connectivity index (χ0) is 17.8. The average Bonchev–Trinajstić information content (AvgIpc) is 2.63. The van der Waals surface area contributed by atoms with E-state index in [1.54, 1.807) is 53.4 Å². The quantitative estimate of drug-likeness (QED) is 0.764. The minimum Gasteiger partial charge on any atom is -0.336 e. The van der Waals surface area contributed by atoms with Crippen LogP contribution in [0.5, 0.6) is 0 Å². The summed E-state index contributed by atoms with van der Waals surface area (Å²) < 4.78 is 0. The highest BCUT2D eigenvalue weighted by Gasteiger charge is 2.24. The van der Waals surface area contributed by atoms with Crippen molar-refractivity contribution in [1.29, 1.82) is 0 Å². The van der Waals surface area contributed by atoms with Crippen molar-refractivity contribution in [2.45, 2.75) is 0 Å². The maximum atomic E-state index is 12.5. The molecule has 0 bridgehead atoms. The molecule has 1 heterocycles. The lowest BCUT2D eigenvalue weighted by molar-refractivity contribution is 0.0624. The van der Waals surface area contributed by atoms with Gasteiger partial charge in [-0.05, 0) is 36.4 Å². The minimum atomic E-state index is -0.0609. The summed E-state index contributed by atoms with van der Waals surface area (Å²) in [6, 6.07) is 14.0. The Morgan fingerprint density at radius 1 is 0.880 bits per heavy atom. The van der Waals surface area contributed by atoms with E-state index in [1.807, 2.05) is 0 Å². The molecule has 0 radical (unpaired) electrons. The summed E-state index contributed by atoms with van der Waals surface area (Å²) in [7, 11) is 0. The van der Waals surface area contributed by atoms with Gasteiger partial charge in [-0.3, -0.25) is 14.5 Å². The van der Waals surface area contributed by atoms with E-state index in [9.17, 15) is 9.59 Å². The molecule has 4 nitrogen and oxygen atoms in total. The van der Waals surface area contributed by atoms with Gasteiger partial charge in [0.1, 0.15) is 0 Å². The monoisotopic (exact) mass is 376 g/mol. The Balaban J connectivity index is 1.55. The third-order valence-electron chi connectivity index (χ3n) is 4.30. The van der Waals surface area contributed by atoms with Gasteiger partial charge in [-0.2, -0.15) is 0 Å². The van der Waals surface area contributed by atoms with Gasteiger partial charge >= 0.3 is 0 Å². The van der Waals surface area contributed by atoms with Crippen molar-refractivity contribution >= 4 is 34.9 Å². The van der Waals surface area contributed by atoms with E-state index in [0.717, 1.165) is 0 Å². The lowest BCUT2D eigenvalue weighted by Gasteiger charge is -2.34. The van der Waals surface area contributed by atoms with E-state index in [0.29, 0.717) is 53.9 Å². The van der Waals surface area contributed by atoms with Crippen molar-refractivity contribution in [2.24, 2.45) is 0 Å². The molecule has 1 fully saturated rings. The van der Waals surface area contributed by atoms with Gasteiger partial charge in [-0.1, -0.05) is 35.3 Å². The zero-order valence-corrected chi connectivity index (χ0v) is 15.1. The maximum absolute atomic E-state index is 12.5. The van der Waals surface area contributed by atoms with Crippen LogP contribution in [-0.4, -0.2) is 54.2 Å². The van der Waals surface area contributed by atoms with Gasteiger partial charge in [-0.15, -0.1) is 0 Å². The van der Waals surface area contributed by atoms with Crippen LogP contribution < -0.4 is 0 Å². The summed E-state index contributed by atoms with van der Waals surface area (Å²) >= 11 is 11.9. The molecule has 1 aliphatic rings. The maximum Gasteiger partial charge on any atom is 0.255 e. The number of ketones is 1. The minimum absolute atomic E-state index is 0.0579. The number of Topliss-reactive ketones (excluding diaryl/α,β-unsaturated/α-hetero) is 1. The van der Waals surface area contributed by atoms with Gasteiger partial charge in [0.25, 0.3) is 5.91 Å². The van der Waals surface area contributed by atoms with Gasteiger partial charge in [0.2, 0.25) is 0 Å². The highest BCUT2D eigenvalue weighted by molar-refractivity contribution is 6.33. The number of benzene rings is 2. The summed E-state index contributed by atoms with van der Waals surface area (Å²) in [5, 5.41) is 1.08. The van der Waals surface area contributed by atoms with E-state index >= 15 is 0 Å². The van der Waals surface area contributed by atoms with Crippen LogP contribution in [0.4, 0.5) is 0 Å². The van der Waals surface area contributed by atoms with Crippen LogP contribution in [0.2, 0.25) is 10.0 Å². The molecule has 1 amide bonds. The fourth-order valence-electron chi connectivity index (χ4n) is 2.84. The molecule has 2 aromatic carbocycles. The molecule has 0 saturated carbocycles. The molecule has 0 unspecified atom stereocenters. The Labute approximate surface area is 156 Å². The molecule has 3 rings (SSSR count). The second kappa shape index (κ2) is 8.00. The first-order valence-electron chi connectivity index (χ1n) is 8.09. The van der Waals surface area contributed by atoms with Gasteiger partial charge in [0.15, 0.2) is 5.78 Å². The Bertz CT molecular complexity index is 769. The molecule has 1 aliphatic heterocycles. The van der Waals surface area contributed by atoms with E-state index in [2.05, 4.69) is 4.90 Å². The number of hydrogen-bond donors (Lipinski definition) is 0. The highest BCUT2D eigenvalue weighted by atomic mass is 35.5. The first-order valence-corrected chi connectivity index (χ1v) is 8.85. The number of nitrogens with zero attached hydrogens (tertiary/aromatic N) is 2. The third-order valence-corrected chi connectivity index (χ3v) is 4.88. The van der Waals surface area contributed by atoms with Crippen LogP contribution in [0.3, 0.4) is 0 Å². The summed E-state index contributed by atoms with van der Waals surface area (Å²) in [4.78, 5) is 28.7. The van der Waals surface area contributed by atoms with Gasteiger partial charge in [0, 0.05) is 36.8 Å². The van der Waals surface area contributed by atoms with Crippen LogP contribution >= 0.6 is 23.2 Å². The van der Waals surface area contributed by atoms with Crippen molar-refractivity contribution in [1.82, 2.24) is 9.80 Å². The number of rotatable bonds is 4. The van der Waals surface area contributed by atoms with Gasteiger partial charge in [-0.25, -0.2) is 0 Å². The molecule has 0 aromatic heterocycles. The van der Waals surface area contributed by atoms with Crippen molar-refractivity contribution in [3.8, 4) is 0 Å². The van der Waals surface area contributed by atoms with Crippen molar-refractivity contribution < 1.29 is 9.59 Å². The van der Waals surface area contributed by atoms with Crippen LogP contribution in [-0.2, 0) is 0 Å². The molecule has 0 spiro atoms. The number of carbonyl (C=O) groups excluding carboxylic acids is 2. The molecule has 0 aliphatic carbocycles. The zero-order valence-electron chi connectivity index (χ0n) is 13.6.